The molecular formula is C14H24O6. The van der Waals surface area contributed by atoms with E-state index in [9.17, 15) is 9.59 Å². The smallest absolute Gasteiger partial charge is 0.434 e. The predicted octanol–water partition coefficient (Wildman–Crippen LogP) is 3.45. The van der Waals surface area contributed by atoms with Crippen molar-refractivity contribution in [1.82, 2.24) is 0 Å². The fraction of sp³-hybridized carbons (Fsp3) is 0.714. The highest BCUT2D eigenvalue weighted by atomic mass is 16.7. The molecule has 0 unspecified atom stereocenters. The second-order valence-corrected chi connectivity index (χ2v) is 4.23. The first kappa shape index (κ1) is 18.3. The van der Waals surface area contributed by atoms with Crippen LogP contribution in [-0.4, -0.2) is 38.7 Å². The van der Waals surface area contributed by atoms with Gasteiger partial charge in [-0.2, -0.15) is 0 Å². The number of carbonyl (C=O) groups is 2. The molecule has 0 saturated carbocycles. The molecule has 0 amide bonds. The molecule has 0 radical (unpaired) electrons. The lowest BCUT2D eigenvalue weighted by molar-refractivity contribution is 0.0496. The fourth-order valence-corrected chi connectivity index (χ4v) is 1.05. The summed E-state index contributed by atoms with van der Waals surface area (Å²) in [6.07, 6.45) is 1.98. The Kier molecular flexibility index (Phi) is 11.3. The van der Waals surface area contributed by atoms with Gasteiger partial charge < -0.3 is 18.9 Å². The van der Waals surface area contributed by atoms with Crippen molar-refractivity contribution < 1.29 is 28.5 Å². The van der Waals surface area contributed by atoms with Gasteiger partial charge >= 0.3 is 12.3 Å². The zero-order valence-corrected chi connectivity index (χ0v) is 12.3. The molecule has 0 rings (SSSR count). The summed E-state index contributed by atoms with van der Waals surface area (Å²) in [5.41, 5.74) is 0.449. The van der Waals surface area contributed by atoms with Gasteiger partial charge in [0.2, 0.25) is 0 Å². The van der Waals surface area contributed by atoms with Crippen molar-refractivity contribution in [1.29, 1.82) is 0 Å². The Morgan fingerprint density at radius 2 is 1.20 bits per heavy atom. The summed E-state index contributed by atoms with van der Waals surface area (Å²) < 4.78 is 19.2. The topological polar surface area (TPSA) is 71.1 Å². The second kappa shape index (κ2) is 12.3. The van der Waals surface area contributed by atoms with Crippen molar-refractivity contribution >= 4 is 12.3 Å². The number of hydrogen-bond donors (Lipinski definition) is 0. The molecule has 0 N–H and O–H groups in total. The quantitative estimate of drug-likeness (QED) is 0.348. The van der Waals surface area contributed by atoms with E-state index in [1.54, 1.807) is 0 Å². The maximum absolute atomic E-state index is 11.1. The van der Waals surface area contributed by atoms with E-state index in [0.29, 0.717) is 18.8 Å². The number of ether oxygens (including phenoxy) is 4. The Morgan fingerprint density at radius 1 is 0.800 bits per heavy atom. The Hall–Kier alpha value is -1.72. The molecule has 0 saturated heterocycles. The van der Waals surface area contributed by atoms with E-state index in [0.717, 1.165) is 25.7 Å². The summed E-state index contributed by atoms with van der Waals surface area (Å²) in [5, 5.41) is 0. The molecule has 0 aliphatic carbocycles. The van der Waals surface area contributed by atoms with Gasteiger partial charge in [-0.15, -0.1) is 0 Å². The molecule has 116 valence electrons. The van der Waals surface area contributed by atoms with Crippen LogP contribution in [0.2, 0.25) is 0 Å². The van der Waals surface area contributed by atoms with Gasteiger partial charge in [-0.25, -0.2) is 9.59 Å². The molecule has 0 heterocycles. The minimum absolute atomic E-state index is 0.0484. The fourth-order valence-electron chi connectivity index (χ4n) is 1.05. The van der Waals surface area contributed by atoms with Gasteiger partial charge in [0.05, 0.1) is 13.2 Å². The monoisotopic (exact) mass is 288 g/mol. The van der Waals surface area contributed by atoms with Gasteiger partial charge in [0.25, 0.3) is 0 Å². The van der Waals surface area contributed by atoms with E-state index < -0.39 is 12.3 Å². The minimum Gasteiger partial charge on any atom is -0.434 e. The van der Waals surface area contributed by atoms with Crippen LogP contribution in [0, 0.1) is 0 Å². The summed E-state index contributed by atoms with van der Waals surface area (Å²) in [5.74, 6) is 0. The summed E-state index contributed by atoms with van der Waals surface area (Å²) in [7, 11) is 0. The maximum Gasteiger partial charge on any atom is 0.508 e. The summed E-state index contributed by atoms with van der Waals surface area (Å²) in [6.45, 7) is 8.19. The highest BCUT2D eigenvalue weighted by Crippen LogP contribution is 1.99. The first-order valence-electron chi connectivity index (χ1n) is 6.85. The van der Waals surface area contributed by atoms with Crippen molar-refractivity contribution in [2.45, 2.75) is 39.5 Å². The van der Waals surface area contributed by atoms with Crippen LogP contribution in [0.25, 0.3) is 0 Å². The summed E-state index contributed by atoms with van der Waals surface area (Å²) in [6, 6.07) is 0. The van der Waals surface area contributed by atoms with E-state index in [2.05, 4.69) is 6.58 Å². The molecule has 6 heteroatoms. The minimum atomic E-state index is -0.745. The van der Waals surface area contributed by atoms with Gasteiger partial charge in [-0.3, -0.25) is 0 Å². The van der Waals surface area contributed by atoms with E-state index in [1.807, 2.05) is 13.8 Å². The third-order valence-corrected chi connectivity index (χ3v) is 2.22. The molecule has 0 fully saturated rings. The molecular weight excluding hydrogens is 264 g/mol. The third-order valence-electron chi connectivity index (χ3n) is 2.22. The second-order valence-electron chi connectivity index (χ2n) is 4.23. The Morgan fingerprint density at radius 3 is 1.55 bits per heavy atom. The normalized spacial score (nSPS) is 9.70. The van der Waals surface area contributed by atoms with Crippen molar-refractivity contribution in [3.63, 3.8) is 0 Å². The van der Waals surface area contributed by atoms with Gasteiger partial charge in [0, 0.05) is 0 Å². The standard InChI is InChI=1S/C14H24O6/c1-4-6-8-17-13(15)19-10-12(3)11-20-14(16)18-9-7-5-2/h3-11H2,1-2H3. The zero-order valence-electron chi connectivity index (χ0n) is 12.3. The van der Waals surface area contributed by atoms with E-state index in [1.165, 1.54) is 0 Å². The molecule has 0 aliphatic rings. The Bertz CT molecular complexity index is 272. The predicted molar refractivity (Wildman–Crippen MR) is 73.6 cm³/mol. The maximum atomic E-state index is 11.1. The van der Waals surface area contributed by atoms with Crippen molar-refractivity contribution in [3.8, 4) is 0 Å². The van der Waals surface area contributed by atoms with Crippen LogP contribution in [-0.2, 0) is 18.9 Å². The average Bonchev–Trinajstić information content (AvgIpc) is 2.43. The third kappa shape index (κ3) is 11.4. The number of rotatable bonds is 10. The van der Waals surface area contributed by atoms with Crippen molar-refractivity contribution in [3.05, 3.63) is 12.2 Å². The summed E-state index contributed by atoms with van der Waals surface area (Å²) in [4.78, 5) is 22.2. The van der Waals surface area contributed by atoms with Crippen LogP contribution < -0.4 is 0 Å². The summed E-state index contributed by atoms with van der Waals surface area (Å²) >= 11 is 0. The largest absolute Gasteiger partial charge is 0.508 e. The molecule has 0 aromatic carbocycles. The SMILES string of the molecule is C=C(COC(=O)OCCCC)COC(=O)OCCCC. The zero-order chi connectivity index (χ0) is 15.2. The number of carbonyl (C=O) groups excluding carboxylic acids is 2. The van der Waals surface area contributed by atoms with Crippen molar-refractivity contribution in [2.75, 3.05) is 26.4 Å². The highest BCUT2D eigenvalue weighted by Gasteiger charge is 2.08. The molecule has 20 heavy (non-hydrogen) atoms. The first-order chi connectivity index (χ1) is 9.60. The number of unbranched alkanes of at least 4 members (excludes halogenated alkanes) is 2. The lowest BCUT2D eigenvalue weighted by atomic mass is 10.3. The Balaban J connectivity index is 3.57. The molecule has 0 aromatic heterocycles. The highest BCUT2D eigenvalue weighted by molar-refractivity contribution is 5.60. The van der Waals surface area contributed by atoms with Crippen LogP contribution in [0.15, 0.2) is 12.2 Å². The van der Waals surface area contributed by atoms with Crippen LogP contribution in [0.1, 0.15) is 39.5 Å². The van der Waals surface area contributed by atoms with Crippen LogP contribution in [0.4, 0.5) is 9.59 Å². The van der Waals surface area contributed by atoms with Crippen LogP contribution in [0.3, 0.4) is 0 Å². The van der Waals surface area contributed by atoms with Gasteiger partial charge in [0.1, 0.15) is 13.2 Å². The lowest BCUT2D eigenvalue weighted by Crippen LogP contribution is -2.15. The van der Waals surface area contributed by atoms with Gasteiger partial charge in [0.15, 0.2) is 0 Å². The molecule has 0 atom stereocenters. The van der Waals surface area contributed by atoms with Crippen LogP contribution >= 0.6 is 0 Å². The van der Waals surface area contributed by atoms with Crippen molar-refractivity contribution in [2.24, 2.45) is 0 Å². The van der Waals surface area contributed by atoms with Gasteiger partial charge in [-0.05, 0) is 18.4 Å². The first-order valence-corrected chi connectivity index (χ1v) is 6.85. The molecule has 0 aliphatic heterocycles. The molecule has 0 spiro atoms. The Labute approximate surface area is 120 Å². The average molecular weight is 288 g/mol. The van der Waals surface area contributed by atoms with E-state index in [4.69, 9.17) is 18.9 Å². The van der Waals surface area contributed by atoms with E-state index >= 15 is 0 Å². The number of hydrogen-bond acceptors (Lipinski definition) is 6. The molecule has 6 nitrogen and oxygen atoms in total. The van der Waals surface area contributed by atoms with Gasteiger partial charge in [-0.1, -0.05) is 33.3 Å². The lowest BCUT2D eigenvalue weighted by Gasteiger charge is -2.09. The van der Waals surface area contributed by atoms with E-state index in [-0.39, 0.29) is 13.2 Å². The molecule has 0 bridgehead atoms. The van der Waals surface area contributed by atoms with Crippen LogP contribution in [0.5, 0.6) is 0 Å². The molecule has 0 aromatic rings.